The van der Waals surface area contributed by atoms with E-state index in [4.69, 9.17) is 9.40 Å². The van der Waals surface area contributed by atoms with Crippen LogP contribution in [0.3, 0.4) is 0 Å². The van der Waals surface area contributed by atoms with Gasteiger partial charge in [-0.15, -0.1) is 0 Å². The molecule has 9 rings (SSSR count). The SMILES string of the molecule is c1ccc2c(c1)c1ccccc1n2-c1cnc2oc3nccc(-n4c5ccccc5c5ccccc54)c3c2c1. The average molecular weight is 501 g/mol. The number of benzene rings is 4. The van der Waals surface area contributed by atoms with Gasteiger partial charge in [0.25, 0.3) is 0 Å². The zero-order valence-corrected chi connectivity index (χ0v) is 20.7. The Morgan fingerprint density at radius 3 is 1.56 bits per heavy atom. The molecule has 0 aliphatic carbocycles. The Morgan fingerprint density at radius 1 is 0.487 bits per heavy atom. The maximum atomic E-state index is 6.22. The van der Waals surface area contributed by atoms with Gasteiger partial charge in [-0.05, 0) is 36.4 Å². The normalized spacial score (nSPS) is 12.1. The topological polar surface area (TPSA) is 48.8 Å². The second-order valence-corrected chi connectivity index (χ2v) is 9.90. The summed E-state index contributed by atoms with van der Waals surface area (Å²) >= 11 is 0. The molecule has 0 radical (unpaired) electrons. The third kappa shape index (κ3) is 2.73. The summed E-state index contributed by atoms with van der Waals surface area (Å²) in [6, 6.07) is 38.4. The van der Waals surface area contributed by atoms with Crippen molar-refractivity contribution in [3.63, 3.8) is 0 Å². The van der Waals surface area contributed by atoms with Gasteiger partial charge in [0, 0.05) is 27.7 Å². The lowest BCUT2D eigenvalue weighted by atomic mass is 10.2. The Kier molecular flexibility index (Phi) is 3.99. The van der Waals surface area contributed by atoms with Gasteiger partial charge >= 0.3 is 0 Å². The number of para-hydroxylation sites is 4. The summed E-state index contributed by atoms with van der Waals surface area (Å²) in [7, 11) is 0. The number of nitrogens with zero attached hydrogens (tertiary/aromatic N) is 4. The zero-order chi connectivity index (χ0) is 25.5. The lowest BCUT2D eigenvalue weighted by Crippen LogP contribution is -1.96. The number of fused-ring (bicyclic) bond motifs is 9. The number of hydrogen-bond donors (Lipinski definition) is 0. The van der Waals surface area contributed by atoms with Gasteiger partial charge in [0.15, 0.2) is 0 Å². The van der Waals surface area contributed by atoms with Crippen LogP contribution in [0.1, 0.15) is 0 Å². The van der Waals surface area contributed by atoms with Crippen LogP contribution >= 0.6 is 0 Å². The molecule has 0 unspecified atom stereocenters. The minimum atomic E-state index is 0.579. The molecule has 0 fully saturated rings. The van der Waals surface area contributed by atoms with Gasteiger partial charge in [-0.2, -0.15) is 0 Å². The lowest BCUT2D eigenvalue weighted by molar-refractivity contribution is 0.640. The first kappa shape index (κ1) is 20.6. The van der Waals surface area contributed by atoms with E-state index < -0.39 is 0 Å². The summed E-state index contributed by atoms with van der Waals surface area (Å²) in [4.78, 5) is 9.41. The third-order valence-electron chi connectivity index (χ3n) is 7.85. The fourth-order valence-corrected chi connectivity index (χ4v) is 6.25. The van der Waals surface area contributed by atoms with E-state index in [1.54, 1.807) is 0 Å². The van der Waals surface area contributed by atoms with Crippen molar-refractivity contribution in [1.29, 1.82) is 0 Å². The van der Waals surface area contributed by atoms with E-state index >= 15 is 0 Å². The Balaban J connectivity index is 1.40. The van der Waals surface area contributed by atoms with Crippen LogP contribution in [0.2, 0.25) is 0 Å². The minimum absolute atomic E-state index is 0.579. The predicted molar refractivity (Wildman–Crippen MR) is 158 cm³/mol. The predicted octanol–water partition coefficient (Wildman–Crippen LogP) is 8.57. The summed E-state index contributed by atoms with van der Waals surface area (Å²) < 4.78 is 10.8. The smallest absolute Gasteiger partial charge is 0.231 e. The van der Waals surface area contributed by atoms with Crippen molar-refractivity contribution in [2.75, 3.05) is 0 Å². The maximum Gasteiger partial charge on any atom is 0.231 e. The molecule has 0 aliphatic heterocycles. The number of furan rings is 1. The second-order valence-electron chi connectivity index (χ2n) is 9.90. The second kappa shape index (κ2) is 7.55. The molecule has 39 heavy (non-hydrogen) atoms. The monoisotopic (exact) mass is 500 g/mol. The first-order valence-electron chi connectivity index (χ1n) is 13.0. The van der Waals surface area contributed by atoms with E-state index in [2.05, 4.69) is 123 Å². The zero-order valence-electron chi connectivity index (χ0n) is 20.7. The molecular weight excluding hydrogens is 480 g/mol. The Morgan fingerprint density at radius 2 is 1.00 bits per heavy atom. The number of aromatic nitrogens is 4. The van der Waals surface area contributed by atoms with E-state index in [0.717, 1.165) is 44.2 Å². The number of pyridine rings is 2. The van der Waals surface area contributed by atoms with Crippen LogP contribution in [0, 0.1) is 0 Å². The van der Waals surface area contributed by atoms with Gasteiger partial charge in [-0.25, -0.2) is 9.97 Å². The van der Waals surface area contributed by atoms with Gasteiger partial charge in [-0.3, -0.25) is 0 Å². The van der Waals surface area contributed by atoms with Crippen molar-refractivity contribution in [3.8, 4) is 11.4 Å². The van der Waals surface area contributed by atoms with E-state index in [1.807, 2.05) is 12.4 Å². The molecule has 0 saturated carbocycles. The highest BCUT2D eigenvalue weighted by Crippen LogP contribution is 2.39. The van der Waals surface area contributed by atoms with Crippen LogP contribution in [-0.2, 0) is 0 Å². The Hall–Kier alpha value is -5.42. The molecule has 5 aromatic heterocycles. The molecule has 9 aromatic rings. The molecule has 0 N–H and O–H groups in total. The largest absolute Gasteiger partial charge is 0.419 e. The Bertz CT molecular complexity index is 2300. The molecular formula is C34H20N4O. The molecule has 0 amide bonds. The highest BCUT2D eigenvalue weighted by Gasteiger charge is 2.20. The van der Waals surface area contributed by atoms with Gasteiger partial charge in [0.05, 0.1) is 50.4 Å². The molecule has 0 atom stereocenters. The fraction of sp³-hybridized carbons (Fsp3) is 0. The summed E-state index contributed by atoms with van der Waals surface area (Å²) in [6.45, 7) is 0. The van der Waals surface area contributed by atoms with E-state index in [1.165, 1.54) is 21.5 Å². The summed E-state index contributed by atoms with van der Waals surface area (Å²) in [5.74, 6) is 0. The van der Waals surface area contributed by atoms with Crippen LogP contribution in [0.25, 0.3) is 77.2 Å². The molecule has 5 nitrogen and oxygen atoms in total. The van der Waals surface area contributed by atoms with E-state index in [-0.39, 0.29) is 0 Å². The average Bonchev–Trinajstić information content (AvgIpc) is 3.64. The van der Waals surface area contributed by atoms with Gasteiger partial charge in [-0.1, -0.05) is 72.8 Å². The minimum Gasteiger partial charge on any atom is -0.419 e. The molecule has 182 valence electrons. The van der Waals surface area contributed by atoms with Crippen molar-refractivity contribution < 1.29 is 4.42 Å². The lowest BCUT2D eigenvalue weighted by Gasteiger charge is -2.10. The molecule has 0 bridgehead atoms. The molecule has 0 saturated heterocycles. The summed E-state index contributed by atoms with van der Waals surface area (Å²) in [5.41, 5.74) is 7.75. The van der Waals surface area contributed by atoms with Crippen LogP contribution in [0.15, 0.2) is 126 Å². The van der Waals surface area contributed by atoms with Crippen LogP contribution in [0.4, 0.5) is 0 Å². The van der Waals surface area contributed by atoms with Gasteiger partial charge in [0.1, 0.15) is 0 Å². The molecule has 0 aliphatic rings. The first-order chi connectivity index (χ1) is 19.4. The molecule has 4 aromatic carbocycles. The summed E-state index contributed by atoms with van der Waals surface area (Å²) in [6.07, 6.45) is 3.71. The molecule has 0 spiro atoms. The Labute approximate surface area is 222 Å². The fourth-order valence-electron chi connectivity index (χ4n) is 6.25. The number of hydrogen-bond acceptors (Lipinski definition) is 3. The van der Waals surface area contributed by atoms with E-state index in [9.17, 15) is 0 Å². The highest BCUT2D eigenvalue weighted by atomic mass is 16.3. The molecule has 5 heterocycles. The van der Waals surface area contributed by atoms with Gasteiger partial charge < -0.3 is 13.6 Å². The quantitative estimate of drug-likeness (QED) is 0.239. The van der Waals surface area contributed by atoms with Crippen LogP contribution in [0.5, 0.6) is 0 Å². The summed E-state index contributed by atoms with van der Waals surface area (Å²) in [5, 5.41) is 6.77. The van der Waals surface area contributed by atoms with Crippen LogP contribution < -0.4 is 0 Å². The highest BCUT2D eigenvalue weighted by molar-refractivity contribution is 6.14. The van der Waals surface area contributed by atoms with Crippen molar-refractivity contribution in [2.45, 2.75) is 0 Å². The van der Waals surface area contributed by atoms with Crippen molar-refractivity contribution >= 4 is 65.8 Å². The standard InChI is InChI=1S/C34H20N4O/c1-5-13-27-22(9-1)23-10-2-6-14-28(23)37(27)21-19-26-32-31(17-18-35-34(32)39-33(26)36-20-21)38-29-15-7-3-11-24(29)25-12-4-8-16-30(25)38/h1-20H. The molecule has 5 heteroatoms. The maximum absolute atomic E-state index is 6.22. The van der Waals surface area contributed by atoms with Crippen molar-refractivity contribution in [3.05, 3.63) is 122 Å². The van der Waals surface area contributed by atoms with E-state index in [0.29, 0.717) is 11.4 Å². The van der Waals surface area contributed by atoms with Crippen molar-refractivity contribution in [2.24, 2.45) is 0 Å². The van der Waals surface area contributed by atoms with Gasteiger partial charge in [0.2, 0.25) is 11.4 Å². The van der Waals surface area contributed by atoms with Crippen molar-refractivity contribution in [1.82, 2.24) is 19.1 Å². The van der Waals surface area contributed by atoms with Crippen LogP contribution in [-0.4, -0.2) is 19.1 Å². The first-order valence-corrected chi connectivity index (χ1v) is 13.0. The number of rotatable bonds is 2. The third-order valence-corrected chi connectivity index (χ3v) is 7.85.